The number of halogens is 4. The number of hydrogen-bond donors (Lipinski definition) is 1. The fraction of sp³-hybridized carbons (Fsp3) is 0.345. The van der Waals surface area contributed by atoms with Crippen LogP contribution in [0.1, 0.15) is 22.8 Å². The number of amides is 2. The van der Waals surface area contributed by atoms with Crippen LogP contribution in [0.15, 0.2) is 66.7 Å². The van der Waals surface area contributed by atoms with E-state index >= 15 is 0 Å². The molecule has 7 nitrogen and oxygen atoms in total. The molecule has 214 valence electrons. The van der Waals surface area contributed by atoms with E-state index in [4.69, 9.17) is 25.8 Å². The Morgan fingerprint density at radius 1 is 0.950 bits per heavy atom. The van der Waals surface area contributed by atoms with Gasteiger partial charge in [-0.3, -0.25) is 4.90 Å². The zero-order valence-electron chi connectivity index (χ0n) is 22.2. The number of alkyl halides is 3. The van der Waals surface area contributed by atoms with Gasteiger partial charge in [-0.05, 0) is 47.5 Å². The summed E-state index contributed by atoms with van der Waals surface area (Å²) in [5.41, 5.74) is 1.40. The Morgan fingerprint density at radius 3 is 2.23 bits per heavy atom. The number of nitrogens with one attached hydrogen (secondary N) is 1. The number of rotatable bonds is 9. The first-order chi connectivity index (χ1) is 19.2. The van der Waals surface area contributed by atoms with Crippen molar-refractivity contribution < 1.29 is 32.2 Å². The third kappa shape index (κ3) is 7.80. The van der Waals surface area contributed by atoms with Gasteiger partial charge in [0.05, 0.1) is 38.2 Å². The number of carbonyl (C=O) groups is 1. The highest BCUT2D eigenvalue weighted by molar-refractivity contribution is 6.30. The Hall–Kier alpha value is -3.47. The lowest BCUT2D eigenvalue weighted by atomic mass is 10.1. The third-order valence-electron chi connectivity index (χ3n) is 6.71. The number of methoxy groups -OCH3 is 2. The van der Waals surface area contributed by atoms with Gasteiger partial charge < -0.3 is 24.4 Å². The summed E-state index contributed by atoms with van der Waals surface area (Å²) in [6, 6.07) is 17.2. The lowest BCUT2D eigenvalue weighted by molar-refractivity contribution is -0.137. The Bertz CT molecular complexity index is 1270. The zero-order valence-corrected chi connectivity index (χ0v) is 23.0. The number of piperazine rings is 1. The van der Waals surface area contributed by atoms with Crippen LogP contribution >= 0.6 is 11.6 Å². The second kappa shape index (κ2) is 13.3. The van der Waals surface area contributed by atoms with Crippen molar-refractivity contribution in [2.75, 3.05) is 52.3 Å². The van der Waals surface area contributed by atoms with Crippen molar-refractivity contribution >= 4 is 23.3 Å². The lowest BCUT2D eigenvalue weighted by Crippen LogP contribution is -2.50. The molecule has 3 aromatic rings. The lowest BCUT2D eigenvalue weighted by Gasteiger charge is -2.36. The van der Waals surface area contributed by atoms with Gasteiger partial charge >= 0.3 is 12.2 Å². The number of benzene rings is 3. The van der Waals surface area contributed by atoms with E-state index in [-0.39, 0.29) is 18.7 Å². The molecule has 0 radical (unpaired) electrons. The molecular formula is C29H31ClF3N3O4. The molecule has 0 aliphatic carbocycles. The van der Waals surface area contributed by atoms with Crippen molar-refractivity contribution in [1.29, 1.82) is 0 Å². The summed E-state index contributed by atoms with van der Waals surface area (Å²) < 4.78 is 55.5. The van der Waals surface area contributed by atoms with Crippen molar-refractivity contribution in [3.63, 3.8) is 0 Å². The molecule has 0 aromatic heterocycles. The number of hydrogen-bond acceptors (Lipinski definition) is 5. The molecule has 1 N–H and O–H groups in total. The van der Waals surface area contributed by atoms with Gasteiger partial charge in [-0.1, -0.05) is 35.9 Å². The highest BCUT2D eigenvalue weighted by Gasteiger charge is 2.30. The first-order valence-corrected chi connectivity index (χ1v) is 13.1. The van der Waals surface area contributed by atoms with Crippen molar-refractivity contribution in [1.82, 2.24) is 9.80 Å². The van der Waals surface area contributed by atoms with Crippen LogP contribution in [0.2, 0.25) is 5.02 Å². The van der Waals surface area contributed by atoms with Crippen LogP contribution < -0.4 is 14.8 Å². The van der Waals surface area contributed by atoms with E-state index in [2.05, 4.69) is 10.2 Å². The standard InChI is InChI=1S/C29H31ClF3N3O4/c1-38-24-11-12-25(26(17-24)39-2)34-28(37)36-15-13-35(14-16-36)18-27(21-5-9-23(30)10-6-21)40-19-20-3-7-22(8-4-20)29(31,32)33/h3-12,17,27H,13-16,18-19H2,1-2H3,(H,34,37)/t27-/m0/s1. The molecule has 1 aliphatic heterocycles. The SMILES string of the molecule is COc1ccc(NC(=O)N2CCN(C[C@H](OCc3ccc(C(F)(F)F)cc3)c3ccc(Cl)cc3)CC2)c(OC)c1. The van der Waals surface area contributed by atoms with Crippen LogP contribution in [0.4, 0.5) is 23.7 Å². The molecule has 40 heavy (non-hydrogen) atoms. The molecule has 3 aromatic carbocycles. The van der Waals surface area contributed by atoms with Crippen LogP contribution in [0.3, 0.4) is 0 Å². The second-order valence-corrected chi connectivity index (χ2v) is 9.77. The predicted molar refractivity (Wildman–Crippen MR) is 147 cm³/mol. The smallest absolute Gasteiger partial charge is 0.416 e. The average Bonchev–Trinajstić information content (AvgIpc) is 2.96. The van der Waals surface area contributed by atoms with Crippen LogP contribution in [0, 0.1) is 0 Å². The van der Waals surface area contributed by atoms with Crippen LogP contribution in [0.5, 0.6) is 11.5 Å². The molecule has 0 bridgehead atoms. The summed E-state index contributed by atoms with van der Waals surface area (Å²) in [6.45, 7) is 2.97. The number of nitrogens with zero attached hydrogens (tertiary/aromatic N) is 2. The van der Waals surface area contributed by atoms with Gasteiger partial charge in [-0.2, -0.15) is 13.2 Å². The average molecular weight is 578 g/mol. The fourth-order valence-electron chi connectivity index (χ4n) is 4.38. The number of anilines is 1. The summed E-state index contributed by atoms with van der Waals surface area (Å²) in [7, 11) is 3.09. The van der Waals surface area contributed by atoms with Gasteiger partial charge in [0, 0.05) is 43.8 Å². The van der Waals surface area contributed by atoms with Gasteiger partial charge in [0.1, 0.15) is 11.5 Å². The van der Waals surface area contributed by atoms with E-state index in [1.54, 1.807) is 42.3 Å². The zero-order chi connectivity index (χ0) is 28.7. The Morgan fingerprint density at radius 2 is 1.62 bits per heavy atom. The van der Waals surface area contributed by atoms with Crippen LogP contribution in [-0.2, 0) is 17.5 Å². The topological polar surface area (TPSA) is 63.3 Å². The predicted octanol–water partition coefficient (Wildman–Crippen LogP) is 6.48. The molecule has 0 spiro atoms. The third-order valence-corrected chi connectivity index (χ3v) is 6.96. The van der Waals surface area contributed by atoms with E-state index in [0.29, 0.717) is 60.5 Å². The van der Waals surface area contributed by atoms with Crippen molar-refractivity contribution in [2.45, 2.75) is 18.9 Å². The molecule has 1 atom stereocenters. The van der Waals surface area contributed by atoms with E-state index in [0.717, 1.165) is 17.7 Å². The molecule has 11 heteroatoms. The first-order valence-electron chi connectivity index (χ1n) is 12.7. The number of carbonyl (C=O) groups excluding carboxylic acids is 1. The maximum absolute atomic E-state index is 12.9. The molecule has 1 fully saturated rings. The van der Waals surface area contributed by atoms with Crippen molar-refractivity contribution in [3.8, 4) is 11.5 Å². The van der Waals surface area contributed by atoms with Gasteiger partial charge in [0.15, 0.2) is 0 Å². The maximum atomic E-state index is 12.9. The molecule has 0 saturated carbocycles. The van der Waals surface area contributed by atoms with Crippen molar-refractivity contribution in [2.24, 2.45) is 0 Å². The van der Waals surface area contributed by atoms with Crippen LogP contribution in [0.25, 0.3) is 0 Å². The van der Waals surface area contributed by atoms with Gasteiger partial charge in [-0.15, -0.1) is 0 Å². The Kier molecular flexibility index (Phi) is 9.78. The number of ether oxygens (including phenoxy) is 3. The number of urea groups is 1. The van der Waals surface area contributed by atoms with E-state index in [1.165, 1.54) is 19.2 Å². The minimum atomic E-state index is -4.38. The molecule has 4 rings (SSSR count). The largest absolute Gasteiger partial charge is 0.497 e. The van der Waals surface area contributed by atoms with Crippen molar-refractivity contribution in [3.05, 3.63) is 88.4 Å². The van der Waals surface area contributed by atoms with Gasteiger partial charge in [0.25, 0.3) is 0 Å². The maximum Gasteiger partial charge on any atom is 0.416 e. The monoisotopic (exact) mass is 577 g/mol. The van der Waals surface area contributed by atoms with Gasteiger partial charge in [0.2, 0.25) is 0 Å². The summed E-state index contributed by atoms with van der Waals surface area (Å²) in [5, 5.41) is 3.50. The molecule has 1 heterocycles. The molecule has 1 aliphatic rings. The highest BCUT2D eigenvalue weighted by Crippen LogP contribution is 2.31. The molecule has 1 saturated heterocycles. The summed E-state index contributed by atoms with van der Waals surface area (Å²) in [5.74, 6) is 1.13. The molecule has 0 unspecified atom stereocenters. The Labute approximate surface area is 236 Å². The normalized spacial score (nSPS) is 15.0. The van der Waals surface area contributed by atoms with E-state index < -0.39 is 11.7 Å². The molecule has 2 amide bonds. The minimum absolute atomic E-state index is 0.150. The fourth-order valence-corrected chi connectivity index (χ4v) is 4.51. The van der Waals surface area contributed by atoms with Crippen LogP contribution in [-0.4, -0.2) is 62.8 Å². The first kappa shape index (κ1) is 29.5. The molecular weight excluding hydrogens is 547 g/mol. The summed E-state index contributed by atoms with van der Waals surface area (Å²) >= 11 is 6.07. The van der Waals surface area contributed by atoms with E-state index in [9.17, 15) is 18.0 Å². The van der Waals surface area contributed by atoms with Gasteiger partial charge in [-0.25, -0.2) is 4.79 Å². The van der Waals surface area contributed by atoms with E-state index in [1.807, 2.05) is 12.1 Å². The Balaban J connectivity index is 1.35. The second-order valence-electron chi connectivity index (χ2n) is 9.33. The highest BCUT2D eigenvalue weighted by atomic mass is 35.5. The quantitative estimate of drug-likeness (QED) is 0.315. The summed E-state index contributed by atoms with van der Waals surface area (Å²) in [6.07, 6.45) is -4.73. The summed E-state index contributed by atoms with van der Waals surface area (Å²) in [4.78, 5) is 16.9. The minimum Gasteiger partial charge on any atom is -0.497 e.